The van der Waals surface area contributed by atoms with Crippen LogP contribution in [0.5, 0.6) is 0 Å². The molecule has 0 N–H and O–H groups in total. The van der Waals surface area contributed by atoms with Gasteiger partial charge in [-0.15, -0.1) is 11.6 Å². The molecule has 0 radical (unpaired) electrons. The Hall–Kier alpha value is -1.88. The van der Waals surface area contributed by atoms with Crippen LogP contribution in [0.2, 0.25) is 0 Å². The number of halogens is 1. The van der Waals surface area contributed by atoms with Gasteiger partial charge < -0.3 is 9.13 Å². The predicted octanol–water partition coefficient (Wildman–Crippen LogP) is 2.50. The SMILES string of the molecule is Cc1cnc2c(c1)nc(CCCl)n2CCc1nccn1C. The smallest absolute Gasteiger partial charge is 0.160 e. The summed E-state index contributed by atoms with van der Waals surface area (Å²) < 4.78 is 4.20. The van der Waals surface area contributed by atoms with Crippen LogP contribution < -0.4 is 0 Å². The first kappa shape index (κ1) is 14.1. The van der Waals surface area contributed by atoms with Crippen LogP contribution in [0.25, 0.3) is 11.2 Å². The molecule has 0 unspecified atom stereocenters. The number of imidazole rings is 2. The number of pyridine rings is 1. The van der Waals surface area contributed by atoms with Gasteiger partial charge in [-0.3, -0.25) is 0 Å². The first-order chi connectivity index (χ1) is 10.2. The van der Waals surface area contributed by atoms with Crippen LogP contribution >= 0.6 is 11.6 Å². The third-order valence-electron chi connectivity index (χ3n) is 3.60. The summed E-state index contributed by atoms with van der Waals surface area (Å²) in [6, 6.07) is 2.07. The summed E-state index contributed by atoms with van der Waals surface area (Å²) in [5, 5.41) is 0. The highest BCUT2D eigenvalue weighted by atomic mass is 35.5. The molecular weight excluding hydrogens is 286 g/mol. The summed E-state index contributed by atoms with van der Waals surface area (Å²) in [5.74, 6) is 2.61. The van der Waals surface area contributed by atoms with Crippen molar-refractivity contribution in [1.82, 2.24) is 24.1 Å². The summed E-state index contributed by atoms with van der Waals surface area (Å²) in [7, 11) is 2.01. The molecule has 0 spiro atoms. The Morgan fingerprint density at radius 1 is 1.19 bits per heavy atom. The minimum atomic E-state index is 0.560. The van der Waals surface area contributed by atoms with Gasteiger partial charge >= 0.3 is 0 Å². The van der Waals surface area contributed by atoms with E-state index in [1.165, 1.54) is 0 Å². The molecule has 0 fully saturated rings. The molecule has 110 valence electrons. The molecule has 0 aliphatic carbocycles. The molecule has 0 saturated heterocycles. The number of rotatable bonds is 5. The molecule has 3 rings (SSSR count). The van der Waals surface area contributed by atoms with Gasteiger partial charge in [-0.1, -0.05) is 0 Å². The number of aryl methyl sites for hydroxylation is 5. The van der Waals surface area contributed by atoms with Crippen LogP contribution in [0.3, 0.4) is 0 Å². The van der Waals surface area contributed by atoms with Gasteiger partial charge in [-0.05, 0) is 18.6 Å². The average Bonchev–Trinajstić information content (AvgIpc) is 3.00. The predicted molar refractivity (Wildman–Crippen MR) is 83.6 cm³/mol. The van der Waals surface area contributed by atoms with Crippen LogP contribution in [-0.4, -0.2) is 30.0 Å². The van der Waals surface area contributed by atoms with Crippen LogP contribution in [0, 0.1) is 6.92 Å². The van der Waals surface area contributed by atoms with E-state index in [1.807, 2.05) is 37.1 Å². The van der Waals surface area contributed by atoms with Crippen LogP contribution in [0.1, 0.15) is 17.2 Å². The number of fused-ring (bicyclic) bond motifs is 1. The van der Waals surface area contributed by atoms with Crippen molar-refractivity contribution in [2.75, 3.05) is 5.88 Å². The Kier molecular flexibility index (Phi) is 3.92. The Labute approximate surface area is 128 Å². The molecule has 0 bridgehead atoms. The molecule has 0 aliphatic rings. The maximum atomic E-state index is 5.90. The van der Waals surface area contributed by atoms with E-state index in [0.717, 1.165) is 47.8 Å². The maximum absolute atomic E-state index is 5.90. The topological polar surface area (TPSA) is 48.5 Å². The second-order valence-electron chi connectivity index (χ2n) is 5.18. The van der Waals surface area contributed by atoms with E-state index in [0.29, 0.717) is 5.88 Å². The standard InChI is InChI=1S/C15H18ClN5/c1-11-9-12-15(18-10-11)21(14(19-12)3-5-16)7-4-13-17-6-8-20(13)2/h6,8-10H,3-5,7H2,1-2H3. The van der Waals surface area contributed by atoms with Crippen LogP contribution in [0.15, 0.2) is 24.7 Å². The van der Waals surface area contributed by atoms with Crippen molar-refractivity contribution in [3.8, 4) is 0 Å². The highest BCUT2D eigenvalue weighted by molar-refractivity contribution is 6.17. The van der Waals surface area contributed by atoms with Crippen molar-refractivity contribution in [3.05, 3.63) is 41.9 Å². The lowest BCUT2D eigenvalue weighted by molar-refractivity contribution is 0.634. The third kappa shape index (κ3) is 2.78. The van der Waals surface area contributed by atoms with Crippen molar-refractivity contribution >= 4 is 22.8 Å². The third-order valence-corrected chi connectivity index (χ3v) is 3.79. The van der Waals surface area contributed by atoms with Gasteiger partial charge in [0.25, 0.3) is 0 Å². The number of nitrogens with zero attached hydrogens (tertiary/aromatic N) is 5. The van der Waals surface area contributed by atoms with E-state index >= 15 is 0 Å². The maximum Gasteiger partial charge on any atom is 0.160 e. The van der Waals surface area contributed by atoms with Gasteiger partial charge in [0.05, 0.1) is 0 Å². The van der Waals surface area contributed by atoms with Gasteiger partial charge in [0.2, 0.25) is 0 Å². The highest BCUT2D eigenvalue weighted by Crippen LogP contribution is 2.17. The van der Waals surface area contributed by atoms with Gasteiger partial charge in [-0.2, -0.15) is 0 Å². The Morgan fingerprint density at radius 2 is 2.05 bits per heavy atom. The first-order valence-corrected chi connectivity index (χ1v) is 7.56. The quantitative estimate of drug-likeness (QED) is 0.680. The van der Waals surface area contributed by atoms with Crippen LogP contribution in [0.4, 0.5) is 0 Å². The van der Waals surface area contributed by atoms with E-state index < -0.39 is 0 Å². The fraction of sp³-hybridized carbons (Fsp3) is 0.400. The Bertz CT molecular complexity index is 759. The minimum Gasteiger partial charge on any atom is -0.338 e. The van der Waals surface area contributed by atoms with E-state index in [2.05, 4.69) is 25.6 Å². The zero-order valence-electron chi connectivity index (χ0n) is 12.3. The largest absolute Gasteiger partial charge is 0.338 e. The van der Waals surface area contributed by atoms with Crippen molar-refractivity contribution in [1.29, 1.82) is 0 Å². The van der Waals surface area contributed by atoms with E-state index in [-0.39, 0.29) is 0 Å². The van der Waals surface area contributed by atoms with Crippen molar-refractivity contribution in [2.45, 2.75) is 26.3 Å². The summed E-state index contributed by atoms with van der Waals surface area (Å²) in [4.78, 5) is 13.6. The van der Waals surface area contributed by atoms with E-state index in [9.17, 15) is 0 Å². The average molecular weight is 304 g/mol. The fourth-order valence-corrected chi connectivity index (χ4v) is 2.69. The second kappa shape index (κ2) is 5.85. The molecule has 0 aromatic carbocycles. The van der Waals surface area contributed by atoms with Crippen molar-refractivity contribution in [3.63, 3.8) is 0 Å². The number of hydrogen-bond donors (Lipinski definition) is 0. The lowest BCUT2D eigenvalue weighted by atomic mass is 10.3. The lowest BCUT2D eigenvalue weighted by Crippen LogP contribution is -2.10. The van der Waals surface area contributed by atoms with Crippen molar-refractivity contribution in [2.24, 2.45) is 7.05 Å². The molecular formula is C15H18ClN5. The fourth-order valence-electron chi connectivity index (χ4n) is 2.52. The zero-order chi connectivity index (χ0) is 14.8. The molecule has 5 nitrogen and oxygen atoms in total. The number of aromatic nitrogens is 5. The molecule has 0 amide bonds. The summed E-state index contributed by atoms with van der Waals surface area (Å²) in [6.07, 6.45) is 7.26. The van der Waals surface area contributed by atoms with Gasteiger partial charge in [0, 0.05) is 50.9 Å². The molecule has 0 aliphatic heterocycles. The molecule has 3 aromatic rings. The molecule has 6 heteroatoms. The summed E-state index contributed by atoms with van der Waals surface area (Å²) in [5.41, 5.74) is 2.98. The highest BCUT2D eigenvalue weighted by Gasteiger charge is 2.12. The van der Waals surface area contributed by atoms with Crippen molar-refractivity contribution < 1.29 is 0 Å². The minimum absolute atomic E-state index is 0.560. The molecule has 0 atom stereocenters. The second-order valence-corrected chi connectivity index (χ2v) is 5.56. The number of hydrogen-bond acceptors (Lipinski definition) is 3. The monoisotopic (exact) mass is 303 g/mol. The van der Waals surface area contributed by atoms with Gasteiger partial charge in [0.1, 0.15) is 17.2 Å². The summed E-state index contributed by atoms with van der Waals surface area (Å²) in [6.45, 7) is 2.84. The zero-order valence-corrected chi connectivity index (χ0v) is 13.0. The molecule has 0 saturated carbocycles. The van der Waals surface area contributed by atoms with E-state index in [1.54, 1.807) is 0 Å². The van der Waals surface area contributed by atoms with Gasteiger partial charge in [0.15, 0.2) is 5.65 Å². The summed E-state index contributed by atoms with van der Waals surface area (Å²) >= 11 is 5.90. The van der Waals surface area contributed by atoms with E-state index in [4.69, 9.17) is 11.6 Å². The Balaban J connectivity index is 1.95. The lowest BCUT2D eigenvalue weighted by Gasteiger charge is -2.08. The van der Waals surface area contributed by atoms with Crippen LogP contribution in [-0.2, 0) is 26.4 Å². The Morgan fingerprint density at radius 3 is 2.76 bits per heavy atom. The van der Waals surface area contributed by atoms with Gasteiger partial charge in [-0.25, -0.2) is 15.0 Å². The normalized spacial score (nSPS) is 11.4. The molecule has 21 heavy (non-hydrogen) atoms. The number of alkyl halides is 1. The first-order valence-electron chi connectivity index (χ1n) is 7.03. The molecule has 3 aromatic heterocycles. The molecule has 3 heterocycles.